The van der Waals surface area contributed by atoms with Crippen molar-refractivity contribution in [3.05, 3.63) is 35.9 Å². The number of rotatable bonds is 4. The molecule has 0 N–H and O–H groups in total. The number of fused-ring (bicyclic) bond motifs is 1. The van der Waals surface area contributed by atoms with Crippen LogP contribution in [0, 0.1) is 0 Å². The maximum Gasteiger partial charge on any atom is 0.195 e. The van der Waals surface area contributed by atoms with Gasteiger partial charge >= 0.3 is 0 Å². The molecule has 0 amide bonds. The summed E-state index contributed by atoms with van der Waals surface area (Å²) < 4.78 is 10.8. The van der Waals surface area contributed by atoms with Gasteiger partial charge in [0.15, 0.2) is 11.6 Å². The monoisotopic (exact) mass is 259 g/mol. The zero-order chi connectivity index (χ0) is 13.1. The van der Waals surface area contributed by atoms with Gasteiger partial charge in [0.05, 0.1) is 18.7 Å². The molecule has 0 atom stereocenters. The Kier molecular flexibility index (Phi) is 3.57. The van der Waals surface area contributed by atoms with E-state index in [1.807, 2.05) is 25.3 Å². The summed E-state index contributed by atoms with van der Waals surface area (Å²) in [5.74, 6) is 1.37. The molecule has 5 heteroatoms. The topological polar surface area (TPSA) is 51.4 Å². The first kappa shape index (κ1) is 12.3. The predicted octanol–water partition coefficient (Wildman–Crippen LogP) is 2.09. The van der Waals surface area contributed by atoms with Crippen molar-refractivity contribution in [2.24, 2.45) is 0 Å². The second-order valence-electron chi connectivity index (χ2n) is 4.57. The van der Waals surface area contributed by atoms with Crippen molar-refractivity contribution in [3.63, 3.8) is 0 Å². The predicted molar refractivity (Wildman–Crippen MR) is 70.3 cm³/mol. The molecule has 2 aromatic heterocycles. The second kappa shape index (κ2) is 5.50. The minimum Gasteiger partial charge on any atom is -0.461 e. The minimum absolute atomic E-state index is 0.655. The maximum atomic E-state index is 5.45. The molecule has 0 fully saturated rings. The Morgan fingerprint density at radius 2 is 2.42 bits per heavy atom. The largest absolute Gasteiger partial charge is 0.461 e. The fourth-order valence-electron chi connectivity index (χ4n) is 2.21. The highest BCUT2D eigenvalue weighted by molar-refractivity contribution is 5.46. The van der Waals surface area contributed by atoms with Crippen LogP contribution in [-0.2, 0) is 17.7 Å². The third-order valence-electron chi connectivity index (χ3n) is 3.24. The molecule has 1 aliphatic rings. The van der Waals surface area contributed by atoms with Crippen molar-refractivity contribution in [2.45, 2.75) is 19.9 Å². The minimum atomic E-state index is 0.655. The number of hydrogen-bond acceptors (Lipinski definition) is 5. The summed E-state index contributed by atoms with van der Waals surface area (Å²) in [5.41, 5.74) is 2.30. The van der Waals surface area contributed by atoms with E-state index in [1.165, 1.54) is 5.56 Å². The van der Waals surface area contributed by atoms with Gasteiger partial charge in [0.25, 0.3) is 0 Å². The lowest BCUT2D eigenvalue weighted by atomic mass is 10.1. The first-order valence-corrected chi connectivity index (χ1v) is 6.55. The standard InChI is InChI=1S/C14H17N3O2/c1-2-18-10-17-6-5-11-8-15-14(16-12(11)9-17)13-4-3-7-19-13/h3-4,7-8H,2,5-6,9-10H2,1H3. The summed E-state index contributed by atoms with van der Waals surface area (Å²) in [6.45, 7) is 5.22. The van der Waals surface area contributed by atoms with E-state index in [0.29, 0.717) is 18.3 Å². The summed E-state index contributed by atoms with van der Waals surface area (Å²) in [7, 11) is 0. The van der Waals surface area contributed by atoms with Gasteiger partial charge in [-0.3, -0.25) is 4.90 Å². The van der Waals surface area contributed by atoms with Crippen LogP contribution in [0.4, 0.5) is 0 Å². The fourth-order valence-corrected chi connectivity index (χ4v) is 2.21. The molecular formula is C14H17N3O2. The van der Waals surface area contributed by atoms with Crippen LogP contribution in [0.2, 0.25) is 0 Å². The summed E-state index contributed by atoms with van der Waals surface area (Å²) in [6, 6.07) is 3.72. The van der Waals surface area contributed by atoms with Crippen LogP contribution in [0.5, 0.6) is 0 Å². The molecular weight excluding hydrogens is 242 g/mol. The van der Waals surface area contributed by atoms with Crippen molar-refractivity contribution < 1.29 is 9.15 Å². The van der Waals surface area contributed by atoms with Gasteiger partial charge in [-0.05, 0) is 31.0 Å². The Balaban J connectivity index is 1.80. The fraction of sp³-hybridized carbons (Fsp3) is 0.429. The SMILES string of the molecule is CCOCN1CCc2cnc(-c3ccco3)nc2C1. The summed E-state index contributed by atoms with van der Waals surface area (Å²) in [5, 5.41) is 0. The van der Waals surface area contributed by atoms with Crippen molar-refractivity contribution in [1.82, 2.24) is 14.9 Å². The normalized spacial score (nSPS) is 15.4. The van der Waals surface area contributed by atoms with E-state index < -0.39 is 0 Å². The molecule has 100 valence electrons. The maximum absolute atomic E-state index is 5.45. The van der Waals surface area contributed by atoms with Gasteiger partial charge in [0.1, 0.15) is 0 Å². The van der Waals surface area contributed by atoms with E-state index in [9.17, 15) is 0 Å². The third kappa shape index (κ3) is 2.67. The molecule has 0 aromatic carbocycles. The summed E-state index contributed by atoms with van der Waals surface area (Å²) in [4.78, 5) is 11.2. The molecule has 0 spiro atoms. The summed E-state index contributed by atoms with van der Waals surface area (Å²) in [6.07, 6.45) is 4.53. The molecule has 0 radical (unpaired) electrons. The lowest BCUT2D eigenvalue weighted by molar-refractivity contribution is 0.0270. The highest BCUT2D eigenvalue weighted by Crippen LogP contribution is 2.21. The highest BCUT2D eigenvalue weighted by atomic mass is 16.5. The van der Waals surface area contributed by atoms with Gasteiger partial charge in [-0.15, -0.1) is 0 Å². The molecule has 0 unspecified atom stereocenters. The van der Waals surface area contributed by atoms with E-state index in [1.54, 1.807) is 6.26 Å². The lowest BCUT2D eigenvalue weighted by Crippen LogP contribution is -2.33. The van der Waals surface area contributed by atoms with E-state index in [4.69, 9.17) is 9.15 Å². The van der Waals surface area contributed by atoms with Crippen molar-refractivity contribution >= 4 is 0 Å². The Morgan fingerprint density at radius 3 is 3.21 bits per heavy atom. The van der Waals surface area contributed by atoms with Gasteiger partial charge in [0.2, 0.25) is 0 Å². The average Bonchev–Trinajstić information content (AvgIpc) is 2.98. The quantitative estimate of drug-likeness (QED) is 0.841. The average molecular weight is 259 g/mol. The first-order valence-electron chi connectivity index (χ1n) is 6.55. The molecule has 2 aromatic rings. The Labute approximate surface area is 112 Å². The number of nitrogens with zero attached hydrogens (tertiary/aromatic N) is 3. The Hall–Kier alpha value is -1.72. The van der Waals surface area contributed by atoms with Crippen LogP contribution >= 0.6 is 0 Å². The van der Waals surface area contributed by atoms with Crippen LogP contribution in [-0.4, -0.2) is 34.8 Å². The van der Waals surface area contributed by atoms with Crippen molar-refractivity contribution in [2.75, 3.05) is 19.9 Å². The van der Waals surface area contributed by atoms with Gasteiger partial charge in [0, 0.05) is 25.9 Å². The molecule has 0 aliphatic carbocycles. The van der Waals surface area contributed by atoms with E-state index in [-0.39, 0.29) is 0 Å². The van der Waals surface area contributed by atoms with E-state index in [2.05, 4.69) is 14.9 Å². The van der Waals surface area contributed by atoms with Crippen LogP contribution in [0.3, 0.4) is 0 Å². The van der Waals surface area contributed by atoms with Crippen LogP contribution in [0.1, 0.15) is 18.2 Å². The van der Waals surface area contributed by atoms with E-state index in [0.717, 1.165) is 31.8 Å². The van der Waals surface area contributed by atoms with Crippen LogP contribution in [0.15, 0.2) is 29.0 Å². The smallest absolute Gasteiger partial charge is 0.195 e. The molecule has 0 bridgehead atoms. The molecule has 1 aliphatic heterocycles. The van der Waals surface area contributed by atoms with Crippen LogP contribution in [0.25, 0.3) is 11.6 Å². The third-order valence-corrected chi connectivity index (χ3v) is 3.24. The number of hydrogen-bond donors (Lipinski definition) is 0. The van der Waals surface area contributed by atoms with E-state index >= 15 is 0 Å². The van der Waals surface area contributed by atoms with Gasteiger partial charge < -0.3 is 9.15 Å². The number of furan rings is 1. The number of ether oxygens (including phenoxy) is 1. The highest BCUT2D eigenvalue weighted by Gasteiger charge is 2.19. The van der Waals surface area contributed by atoms with Gasteiger partial charge in [-0.2, -0.15) is 0 Å². The number of aromatic nitrogens is 2. The molecule has 5 nitrogen and oxygen atoms in total. The lowest BCUT2D eigenvalue weighted by Gasteiger charge is -2.27. The van der Waals surface area contributed by atoms with Gasteiger partial charge in [-0.1, -0.05) is 0 Å². The molecule has 0 saturated carbocycles. The Bertz CT molecular complexity index is 540. The van der Waals surface area contributed by atoms with Crippen molar-refractivity contribution in [3.8, 4) is 11.6 Å². The molecule has 19 heavy (non-hydrogen) atoms. The first-order chi connectivity index (χ1) is 9.36. The zero-order valence-electron chi connectivity index (χ0n) is 11.0. The van der Waals surface area contributed by atoms with Gasteiger partial charge in [-0.25, -0.2) is 9.97 Å². The second-order valence-corrected chi connectivity index (χ2v) is 4.57. The molecule has 3 rings (SSSR count). The summed E-state index contributed by atoms with van der Waals surface area (Å²) >= 11 is 0. The molecule has 3 heterocycles. The Morgan fingerprint density at radius 1 is 1.47 bits per heavy atom. The zero-order valence-corrected chi connectivity index (χ0v) is 11.0. The van der Waals surface area contributed by atoms with Crippen molar-refractivity contribution in [1.29, 1.82) is 0 Å². The van der Waals surface area contributed by atoms with Crippen LogP contribution < -0.4 is 0 Å². The molecule has 0 saturated heterocycles.